The second kappa shape index (κ2) is 9.89. The molecule has 0 saturated heterocycles. The summed E-state index contributed by atoms with van der Waals surface area (Å²) in [7, 11) is -3.84. The van der Waals surface area contributed by atoms with Crippen molar-refractivity contribution in [3.8, 4) is 0 Å². The molecule has 1 atom stereocenters. The van der Waals surface area contributed by atoms with Gasteiger partial charge in [0.1, 0.15) is 0 Å². The van der Waals surface area contributed by atoms with Crippen molar-refractivity contribution in [1.29, 1.82) is 0 Å². The highest BCUT2D eigenvalue weighted by atomic mass is 32.2. The van der Waals surface area contributed by atoms with Crippen LogP contribution in [-0.2, 0) is 14.8 Å². The molecule has 0 aliphatic heterocycles. The Morgan fingerprint density at radius 3 is 2.03 bits per heavy atom. The maximum absolute atomic E-state index is 13.1. The Hall–Kier alpha value is -2.67. The van der Waals surface area contributed by atoms with Gasteiger partial charge in [-0.05, 0) is 55.4 Å². The van der Waals surface area contributed by atoms with Gasteiger partial charge in [0.2, 0.25) is 15.1 Å². The molecule has 1 unspecified atom stereocenters. The van der Waals surface area contributed by atoms with Crippen molar-refractivity contribution in [2.45, 2.75) is 29.7 Å². The van der Waals surface area contributed by atoms with Gasteiger partial charge in [0.05, 0.1) is 10.9 Å². The lowest BCUT2D eigenvalue weighted by Gasteiger charge is -2.21. The van der Waals surface area contributed by atoms with E-state index in [1.807, 2.05) is 67.6 Å². The minimum Gasteiger partial charge on any atom is -0.281 e. The molecule has 0 radical (unpaired) electrons. The molecule has 0 fully saturated rings. The van der Waals surface area contributed by atoms with Crippen LogP contribution in [0.2, 0.25) is 0 Å². The van der Waals surface area contributed by atoms with Crippen LogP contribution in [0.1, 0.15) is 24.1 Å². The predicted octanol–water partition coefficient (Wildman–Crippen LogP) is 5.28. The zero-order valence-electron chi connectivity index (χ0n) is 16.8. The minimum absolute atomic E-state index is 0.160. The normalized spacial score (nSPS) is 13.1. The Labute approximate surface area is 182 Å². The molecule has 3 aromatic rings. The van der Waals surface area contributed by atoms with E-state index < -0.39 is 16.1 Å². The highest BCUT2D eigenvalue weighted by Crippen LogP contribution is 2.31. The number of hydrogen-bond acceptors (Lipinski definition) is 4. The van der Waals surface area contributed by atoms with Crippen molar-refractivity contribution in [2.75, 3.05) is 0 Å². The summed E-state index contributed by atoms with van der Waals surface area (Å²) in [5, 5.41) is -0.204. The third-order valence-corrected chi connectivity index (χ3v) is 6.92. The summed E-state index contributed by atoms with van der Waals surface area (Å²) in [6.07, 6.45) is 1.67. The predicted molar refractivity (Wildman–Crippen MR) is 122 cm³/mol. The first-order valence-electron chi connectivity index (χ1n) is 9.48. The largest absolute Gasteiger partial charge is 0.281 e. The zero-order valence-corrected chi connectivity index (χ0v) is 18.4. The van der Waals surface area contributed by atoms with Crippen molar-refractivity contribution in [3.63, 3.8) is 0 Å². The Morgan fingerprint density at radius 2 is 1.47 bits per heavy atom. The number of rotatable bonds is 7. The fourth-order valence-electron chi connectivity index (χ4n) is 2.95. The van der Waals surface area contributed by atoms with Gasteiger partial charge in [0.25, 0.3) is 0 Å². The summed E-state index contributed by atoms with van der Waals surface area (Å²) in [6, 6.07) is 24.3. The van der Waals surface area contributed by atoms with Crippen molar-refractivity contribution in [1.82, 2.24) is 4.72 Å². The molecule has 0 aliphatic carbocycles. The van der Waals surface area contributed by atoms with Gasteiger partial charge in [0.15, 0.2) is 0 Å². The van der Waals surface area contributed by atoms with Crippen LogP contribution in [0.25, 0.3) is 0 Å². The van der Waals surface area contributed by atoms with Gasteiger partial charge in [-0.25, -0.2) is 8.42 Å². The van der Waals surface area contributed by atoms with Crippen LogP contribution in [0.4, 0.5) is 0 Å². The van der Waals surface area contributed by atoms with Gasteiger partial charge in [-0.1, -0.05) is 72.3 Å². The van der Waals surface area contributed by atoms with E-state index in [1.54, 1.807) is 37.3 Å². The molecule has 154 valence electrons. The summed E-state index contributed by atoms with van der Waals surface area (Å²) in [6.45, 7) is 3.64. The van der Waals surface area contributed by atoms with Crippen LogP contribution in [0.3, 0.4) is 0 Å². The first-order valence-corrected chi connectivity index (χ1v) is 11.8. The SMILES string of the molecule is C/C=C(/C(=O)Sc1ccccc1)C(NS(=O)(=O)c1ccc(C)cc1)c1ccccc1. The van der Waals surface area contributed by atoms with Crippen molar-refractivity contribution in [2.24, 2.45) is 0 Å². The van der Waals surface area contributed by atoms with Gasteiger partial charge >= 0.3 is 0 Å². The zero-order chi connectivity index (χ0) is 21.6. The van der Waals surface area contributed by atoms with E-state index >= 15 is 0 Å². The van der Waals surface area contributed by atoms with E-state index in [9.17, 15) is 13.2 Å². The number of benzene rings is 3. The molecule has 6 heteroatoms. The van der Waals surface area contributed by atoms with Crippen LogP contribution in [0, 0.1) is 6.92 Å². The van der Waals surface area contributed by atoms with Crippen LogP contribution >= 0.6 is 11.8 Å². The summed E-state index contributed by atoms with van der Waals surface area (Å²) in [5.41, 5.74) is 2.05. The van der Waals surface area contributed by atoms with Crippen LogP contribution in [0.5, 0.6) is 0 Å². The monoisotopic (exact) mass is 437 g/mol. The number of thioether (sulfide) groups is 1. The summed E-state index contributed by atoms with van der Waals surface area (Å²) < 4.78 is 28.9. The van der Waals surface area contributed by atoms with E-state index in [2.05, 4.69) is 4.72 Å². The first kappa shape index (κ1) is 22.0. The van der Waals surface area contributed by atoms with Crippen LogP contribution in [-0.4, -0.2) is 13.5 Å². The average Bonchev–Trinajstić information content (AvgIpc) is 2.75. The van der Waals surface area contributed by atoms with Crippen molar-refractivity contribution >= 4 is 26.9 Å². The molecule has 0 saturated carbocycles. The lowest BCUT2D eigenvalue weighted by molar-refractivity contribution is -0.108. The Morgan fingerprint density at radius 1 is 0.900 bits per heavy atom. The first-order chi connectivity index (χ1) is 14.4. The Balaban J connectivity index is 1.96. The molecule has 3 aromatic carbocycles. The van der Waals surface area contributed by atoms with Gasteiger partial charge in [-0.15, -0.1) is 0 Å². The van der Waals surface area contributed by atoms with Crippen LogP contribution < -0.4 is 4.72 Å². The smallest absolute Gasteiger partial charge is 0.241 e. The molecular weight excluding hydrogens is 414 g/mol. The number of carbonyl (C=O) groups excluding carboxylic acids is 1. The lowest BCUT2D eigenvalue weighted by atomic mass is 10.0. The molecule has 3 rings (SSSR count). The second-order valence-electron chi connectivity index (χ2n) is 6.72. The number of aryl methyl sites for hydroxylation is 1. The fourth-order valence-corrected chi connectivity index (χ4v) is 5.02. The number of carbonyl (C=O) groups is 1. The van der Waals surface area contributed by atoms with Gasteiger partial charge < -0.3 is 0 Å². The average molecular weight is 438 g/mol. The number of nitrogens with one attached hydrogen (secondary N) is 1. The van der Waals surface area contributed by atoms with Crippen molar-refractivity contribution in [3.05, 3.63) is 108 Å². The highest BCUT2D eigenvalue weighted by molar-refractivity contribution is 8.14. The molecule has 30 heavy (non-hydrogen) atoms. The molecule has 4 nitrogen and oxygen atoms in total. The van der Waals surface area contributed by atoms with E-state index in [0.29, 0.717) is 11.1 Å². The molecular formula is C24H23NO3S2. The molecule has 1 N–H and O–H groups in total. The van der Waals surface area contributed by atoms with Gasteiger partial charge in [0, 0.05) is 10.5 Å². The Kier molecular flexibility index (Phi) is 7.26. The quantitative estimate of drug-likeness (QED) is 0.403. The summed E-state index contributed by atoms with van der Waals surface area (Å²) >= 11 is 1.08. The van der Waals surface area contributed by atoms with E-state index in [4.69, 9.17) is 0 Å². The summed E-state index contributed by atoms with van der Waals surface area (Å²) in [4.78, 5) is 14.0. The van der Waals surface area contributed by atoms with Crippen molar-refractivity contribution < 1.29 is 13.2 Å². The fraction of sp³-hybridized carbons (Fsp3) is 0.125. The molecule has 0 aromatic heterocycles. The third kappa shape index (κ3) is 5.48. The molecule has 0 bridgehead atoms. The third-order valence-electron chi connectivity index (χ3n) is 4.55. The van der Waals surface area contributed by atoms with Crippen LogP contribution in [0.15, 0.2) is 106 Å². The number of allylic oxidation sites excluding steroid dienone is 1. The molecule has 0 amide bonds. The summed E-state index contributed by atoms with van der Waals surface area (Å²) in [5.74, 6) is 0. The highest BCUT2D eigenvalue weighted by Gasteiger charge is 2.28. The molecule has 0 spiro atoms. The number of hydrogen-bond donors (Lipinski definition) is 1. The Bertz CT molecular complexity index is 1120. The minimum atomic E-state index is -3.84. The topological polar surface area (TPSA) is 63.2 Å². The van der Waals surface area contributed by atoms with E-state index in [-0.39, 0.29) is 10.0 Å². The maximum Gasteiger partial charge on any atom is 0.241 e. The standard InChI is InChI=1S/C24H23NO3S2/c1-3-22(24(26)29-20-12-8-5-9-13-20)23(19-10-6-4-7-11-19)25-30(27,28)21-16-14-18(2)15-17-21/h3-17,23,25H,1-2H3/b22-3+. The maximum atomic E-state index is 13.1. The number of sulfonamides is 1. The second-order valence-corrected chi connectivity index (χ2v) is 9.48. The lowest BCUT2D eigenvalue weighted by Crippen LogP contribution is -2.31. The van der Waals surface area contributed by atoms with Gasteiger partial charge in [-0.3, -0.25) is 4.79 Å². The van der Waals surface area contributed by atoms with E-state index in [0.717, 1.165) is 22.2 Å². The van der Waals surface area contributed by atoms with Gasteiger partial charge in [-0.2, -0.15) is 4.72 Å². The van der Waals surface area contributed by atoms with E-state index in [1.165, 1.54) is 0 Å². The molecule has 0 aliphatic rings. The molecule has 0 heterocycles.